The van der Waals surface area contributed by atoms with Crippen molar-refractivity contribution in [2.45, 2.75) is 19.3 Å². The summed E-state index contributed by atoms with van der Waals surface area (Å²) in [6.07, 6.45) is 3.47. The van der Waals surface area contributed by atoms with Gasteiger partial charge >= 0.3 is 0 Å². The number of ether oxygens (including phenoxy) is 1. The lowest BCUT2D eigenvalue weighted by molar-refractivity contribution is -0.127. The van der Waals surface area contributed by atoms with E-state index in [9.17, 15) is 4.79 Å². The maximum atomic E-state index is 11.6. The van der Waals surface area contributed by atoms with E-state index in [1.165, 1.54) is 6.42 Å². The summed E-state index contributed by atoms with van der Waals surface area (Å²) in [5.74, 6) is 0.898. The molecule has 0 atom stereocenters. The molecule has 2 heterocycles. The SMILES string of the molecule is CN=C(NCC(=O)N(C)C)N1CCC2(CCOCC2)C1.I. The smallest absolute Gasteiger partial charge is 0.241 e. The molecule has 2 aliphatic rings. The Kier molecular flexibility index (Phi) is 7.19. The van der Waals surface area contributed by atoms with Gasteiger partial charge in [0.25, 0.3) is 0 Å². The molecular formula is C14H27IN4O2. The number of likely N-dealkylation sites (tertiary alicyclic amines) is 1. The van der Waals surface area contributed by atoms with Crippen LogP contribution in [0.25, 0.3) is 0 Å². The number of halogens is 1. The van der Waals surface area contributed by atoms with Crippen LogP contribution in [0, 0.1) is 5.41 Å². The van der Waals surface area contributed by atoms with E-state index in [0.717, 1.165) is 45.1 Å². The number of nitrogens with zero attached hydrogens (tertiary/aromatic N) is 3. The molecule has 1 amide bonds. The van der Waals surface area contributed by atoms with Crippen molar-refractivity contribution in [1.82, 2.24) is 15.1 Å². The summed E-state index contributed by atoms with van der Waals surface area (Å²) < 4.78 is 5.47. The highest BCUT2D eigenvalue weighted by Gasteiger charge is 2.40. The molecular weight excluding hydrogens is 383 g/mol. The van der Waals surface area contributed by atoms with Crippen molar-refractivity contribution < 1.29 is 9.53 Å². The topological polar surface area (TPSA) is 57.2 Å². The average Bonchev–Trinajstić information content (AvgIpc) is 2.83. The van der Waals surface area contributed by atoms with Crippen LogP contribution in [-0.2, 0) is 9.53 Å². The standard InChI is InChI=1S/C14H26N4O2.HI/c1-15-13(16-10-12(19)17(2)3)18-7-4-14(11-18)5-8-20-9-6-14;/h4-11H2,1-3H3,(H,15,16);1H. The molecule has 2 aliphatic heterocycles. The first-order valence-corrected chi connectivity index (χ1v) is 7.30. The molecule has 0 saturated carbocycles. The first kappa shape index (κ1) is 18.5. The highest BCUT2D eigenvalue weighted by molar-refractivity contribution is 14.0. The van der Waals surface area contributed by atoms with Crippen LogP contribution in [0.15, 0.2) is 4.99 Å². The Hall–Kier alpha value is -0.570. The van der Waals surface area contributed by atoms with Gasteiger partial charge in [-0.25, -0.2) is 0 Å². The second-order valence-electron chi connectivity index (χ2n) is 5.97. The fourth-order valence-electron chi connectivity index (χ4n) is 2.97. The average molecular weight is 410 g/mol. The van der Waals surface area contributed by atoms with E-state index >= 15 is 0 Å². The number of carbonyl (C=O) groups is 1. The van der Waals surface area contributed by atoms with Gasteiger partial charge in [0.1, 0.15) is 0 Å². The van der Waals surface area contributed by atoms with Crippen LogP contribution in [0.3, 0.4) is 0 Å². The summed E-state index contributed by atoms with van der Waals surface area (Å²) in [5, 5.41) is 3.17. The number of amides is 1. The Labute approximate surface area is 144 Å². The summed E-state index contributed by atoms with van der Waals surface area (Å²) in [5.41, 5.74) is 0.390. The van der Waals surface area contributed by atoms with Crippen molar-refractivity contribution in [2.24, 2.45) is 10.4 Å². The molecule has 2 fully saturated rings. The number of nitrogens with one attached hydrogen (secondary N) is 1. The van der Waals surface area contributed by atoms with Crippen LogP contribution in [0.5, 0.6) is 0 Å². The van der Waals surface area contributed by atoms with Gasteiger partial charge in [0.15, 0.2) is 5.96 Å². The molecule has 0 radical (unpaired) electrons. The molecule has 0 aromatic rings. The molecule has 2 rings (SSSR count). The van der Waals surface area contributed by atoms with Crippen LogP contribution in [0.1, 0.15) is 19.3 Å². The minimum Gasteiger partial charge on any atom is -0.381 e. The van der Waals surface area contributed by atoms with Crippen molar-refractivity contribution in [2.75, 3.05) is 54.0 Å². The van der Waals surface area contributed by atoms with Crippen molar-refractivity contribution in [1.29, 1.82) is 0 Å². The lowest BCUT2D eigenvalue weighted by atomic mass is 9.80. The number of guanidine groups is 1. The van der Waals surface area contributed by atoms with Crippen LogP contribution in [0.2, 0.25) is 0 Å². The second kappa shape index (κ2) is 8.17. The third-order valence-electron chi connectivity index (χ3n) is 4.40. The van der Waals surface area contributed by atoms with E-state index in [-0.39, 0.29) is 29.9 Å². The van der Waals surface area contributed by atoms with Gasteiger partial charge in [0.05, 0.1) is 6.54 Å². The summed E-state index contributed by atoms with van der Waals surface area (Å²) in [6, 6.07) is 0. The van der Waals surface area contributed by atoms with Crippen molar-refractivity contribution in [3.05, 3.63) is 0 Å². The Morgan fingerprint density at radius 3 is 2.57 bits per heavy atom. The lowest BCUT2D eigenvalue weighted by Crippen LogP contribution is -2.45. The Morgan fingerprint density at radius 2 is 2.00 bits per heavy atom. The lowest BCUT2D eigenvalue weighted by Gasteiger charge is -2.33. The summed E-state index contributed by atoms with van der Waals surface area (Å²) in [6.45, 7) is 4.08. The fraction of sp³-hybridized carbons (Fsp3) is 0.857. The fourth-order valence-corrected chi connectivity index (χ4v) is 2.97. The molecule has 0 bridgehead atoms. The van der Waals surface area contributed by atoms with Gasteiger partial charge in [-0.2, -0.15) is 0 Å². The van der Waals surface area contributed by atoms with E-state index < -0.39 is 0 Å². The van der Waals surface area contributed by atoms with Gasteiger partial charge in [-0.3, -0.25) is 9.79 Å². The van der Waals surface area contributed by atoms with E-state index in [4.69, 9.17) is 4.74 Å². The van der Waals surface area contributed by atoms with Crippen LogP contribution in [0.4, 0.5) is 0 Å². The number of rotatable bonds is 2. The molecule has 1 N–H and O–H groups in total. The maximum Gasteiger partial charge on any atom is 0.241 e. The molecule has 21 heavy (non-hydrogen) atoms. The van der Waals surface area contributed by atoms with Gasteiger partial charge in [-0.05, 0) is 24.7 Å². The summed E-state index contributed by atoms with van der Waals surface area (Å²) >= 11 is 0. The molecule has 6 nitrogen and oxygen atoms in total. The predicted octanol–water partition coefficient (Wildman–Crippen LogP) is 0.770. The van der Waals surface area contributed by atoms with Crippen molar-refractivity contribution in [3.8, 4) is 0 Å². The number of aliphatic imine (C=N–C) groups is 1. The van der Waals surface area contributed by atoms with Gasteiger partial charge in [-0.15, -0.1) is 24.0 Å². The molecule has 7 heteroatoms. The number of carbonyl (C=O) groups excluding carboxylic acids is 1. The minimum absolute atomic E-state index is 0. The van der Waals surface area contributed by atoms with Gasteiger partial charge in [-0.1, -0.05) is 0 Å². The summed E-state index contributed by atoms with van der Waals surface area (Å²) in [4.78, 5) is 19.8. The first-order valence-electron chi connectivity index (χ1n) is 7.30. The van der Waals surface area contributed by atoms with E-state index in [0.29, 0.717) is 12.0 Å². The third kappa shape index (κ3) is 4.70. The quantitative estimate of drug-likeness (QED) is 0.415. The number of hydrogen-bond donors (Lipinski definition) is 1. The molecule has 122 valence electrons. The van der Waals surface area contributed by atoms with E-state index in [1.54, 1.807) is 26.0 Å². The predicted molar refractivity (Wildman–Crippen MR) is 94.1 cm³/mol. The van der Waals surface area contributed by atoms with Gasteiger partial charge in [0, 0.05) is 47.4 Å². The Bertz CT molecular complexity index is 381. The zero-order chi connectivity index (χ0) is 14.6. The Balaban J connectivity index is 0.00000220. The molecule has 0 aliphatic carbocycles. The second-order valence-corrected chi connectivity index (χ2v) is 5.97. The summed E-state index contributed by atoms with van der Waals surface area (Å²) in [7, 11) is 5.30. The first-order chi connectivity index (χ1) is 9.56. The highest BCUT2D eigenvalue weighted by atomic mass is 127. The Morgan fingerprint density at radius 1 is 1.33 bits per heavy atom. The molecule has 0 aromatic heterocycles. The van der Waals surface area contributed by atoms with E-state index in [1.807, 2.05) is 0 Å². The zero-order valence-electron chi connectivity index (χ0n) is 13.2. The van der Waals surface area contributed by atoms with Gasteiger partial charge in [0.2, 0.25) is 5.91 Å². The van der Waals surface area contributed by atoms with Crippen LogP contribution >= 0.6 is 24.0 Å². The van der Waals surface area contributed by atoms with Crippen LogP contribution < -0.4 is 5.32 Å². The monoisotopic (exact) mass is 410 g/mol. The molecule has 0 unspecified atom stereocenters. The van der Waals surface area contributed by atoms with Crippen LogP contribution in [-0.4, -0.2) is 75.7 Å². The normalized spacial score (nSPS) is 21.1. The number of hydrogen-bond acceptors (Lipinski definition) is 3. The molecule has 1 spiro atoms. The van der Waals surface area contributed by atoms with Crippen molar-refractivity contribution >= 4 is 35.8 Å². The largest absolute Gasteiger partial charge is 0.381 e. The molecule has 0 aromatic carbocycles. The van der Waals surface area contributed by atoms with E-state index in [2.05, 4.69) is 15.2 Å². The third-order valence-corrected chi connectivity index (χ3v) is 4.40. The van der Waals surface area contributed by atoms with Gasteiger partial charge < -0.3 is 19.9 Å². The van der Waals surface area contributed by atoms with Crippen molar-refractivity contribution in [3.63, 3.8) is 0 Å². The molecule has 2 saturated heterocycles. The number of likely N-dealkylation sites (N-methyl/N-ethyl adjacent to an activating group) is 1. The minimum atomic E-state index is 0. The highest BCUT2D eigenvalue weighted by Crippen LogP contribution is 2.39. The maximum absolute atomic E-state index is 11.6. The zero-order valence-corrected chi connectivity index (χ0v) is 15.6.